The zero-order valence-electron chi connectivity index (χ0n) is 19.7. The Morgan fingerprint density at radius 2 is 1.92 bits per heavy atom. The number of amides is 1. The van der Waals surface area contributed by atoms with Gasteiger partial charge in [0.1, 0.15) is 12.0 Å². The van der Waals surface area contributed by atoms with Crippen LogP contribution in [0.2, 0.25) is 0 Å². The third kappa shape index (κ3) is 3.58. The number of rotatable bonds is 4. The maximum absolute atomic E-state index is 13.3. The zero-order valence-corrected chi connectivity index (χ0v) is 19.7. The quantitative estimate of drug-likeness (QED) is 0.395. The molecule has 5 heterocycles. The number of nitrogens with zero attached hydrogens (tertiary/aromatic N) is 8. The van der Waals surface area contributed by atoms with Crippen LogP contribution in [0.3, 0.4) is 0 Å². The highest BCUT2D eigenvalue weighted by Crippen LogP contribution is 2.31. The third-order valence-corrected chi connectivity index (χ3v) is 6.62. The zero-order chi connectivity index (χ0) is 25.0. The summed E-state index contributed by atoms with van der Waals surface area (Å²) < 4.78 is 5.01. The molecule has 5 aromatic rings. The molecule has 1 amide bonds. The van der Waals surface area contributed by atoms with Gasteiger partial charge in [-0.1, -0.05) is 12.1 Å². The smallest absolute Gasteiger partial charge is 0.419 e. The molecule has 1 aliphatic heterocycles. The Hall–Kier alpha value is -4.58. The van der Waals surface area contributed by atoms with Gasteiger partial charge in [-0.25, -0.2) is 19.6 Å². The standard InChI is InChI=1S/C24H23N9O3/c1-30-13-27-22(28-30)19-6-4-15(10-25-19)14-3-5-18-17(9-14)21-20(11-26-18)31(2)24(36)33(21)16-7-8-32(12-16)29-23(34)35/h3-6,9-11,13,16,29H,7-8,12H2,1-2H3,(H,34,35)/t16-/m0/s1. The lowest BCUT2D eigenvalue weighted by atomic mass is 10.0. The van der Waals surface area contributed by atoms with E-state index in [1.165, 1.54) is 0 Å². The van der Waals surface area contributed by atoms with Crippen LogP contribution in [0.25, 0.3) is 44.6 Å². The molecule has 6 rings (SSSR count). The van der Waals surface area contributed by atoms with Crippen molar-refractivity contribution in [3.8, 4) is 22.6 Å². The van der Waals surface area contributed by atoms with Crippen LogP contribution in [-0.4, -0.2) is 63.2 Å². The first-order valence-electron chi connectivity index (χ1n) is 11.5. The van der Waals surface area contributed by atoms with Crippen LogP contribution in [0.4, 0.5) is 4.79 Å². The second-order valence-corrected chi connectivity index (χ2v) is 8.91. The minimum absolute atomic E-state index is 0.152. The van der Waals surface area contributed by atoms with Crippen LogP contribution in [0, 0.1) is 0 Å². The van der Waals surface area contributed by atoms with Gasteiger partial charge in [0, 0.05) is 44.3 Å². The highest BCUT2D eigenvalue weighted by Gasteiger charge is 2.29. The monoisotopic (exact) mass is 485 g/mol. The van der Waals surface area contributed by atoms with E-state index in [9.17, 15) is 9.59 Å². The first-order chi connectivity index (χ1) is 17.4. The Morgan fingerprint density at radius 3 is 2.64 bits per heavy atom. The molecular formula is C24H23N9O3. The molecule has 2 N–H and O–H groups in total. The fourth-order valence-electron chi connectivity index (χ4n) is 4.89. The van der Waals surface area contributed by atoms with E-state index in [1.54, 1.807) is 44.6 Å². The number of fused-ring (bicyclic) bond motifs is 3. The number of carboxylic acid groups (broad SMARTS) is 1. The molecule has 36 heavy (non-hydrogen) atoms. The van der Waals surface area contributed by atoms with E-state index in [0.717, 1.165) is 33.1 Å². The molecule has 0 bridgehead atoms. The summed E-state index contributed by atoms with van der Waals surface area (Å²) in [4.78, 5) is 37.8. The summed E-state index contributed by atoms with van der Waals surface area (Å²) in [5.74, 6) is 0.560. The number of aryl methyl sites for hydroxylation is 2. The largest absolute Gasteiger partial charge is 0.464 e. The maximum Gasteiger partial charge on any atom is 0.419 e. The van der Waals surface area contributed by atoms with E-state index >= 15 is 0 Å². The normalized spacial score (nSPS) is 16.2. The minimum Gasteiger partial charge on any atom is -0.464 e. The van der Waals surface area contributed by atoms with Gasteiger partial charge in [0.15, 0.2) is 5.82 Å². The Kier molecular flexibility index (Phi) is 5.04. The van der Waals surface area contributed by atoms with Crippen molar-refractivity contribution in [2.24, 2.45) is 14.1 Å². The van der Waals surface area contributed by atoms with Crippen molar-refractivity contribution in [1.82, 2.24) is 44.3 Å². The Bertz CT molecular complexity index is 1680. The van der Waals surface area contributed by atoms with Crippen molar-refractivity contribution in [2.45, 2.75) is 12.5 Å². The number of aromatic nitrogens is 7. The van der Waals surface area contributed by atoms with Crippen LogP contribution >= 0.6 is 0 Å². The van der Waals surface area contributed by atoms with Crippen molar-refractivity contribution < 1.29 is 9.90 Å². The summed E-state index contributed by atoms with van der Waals surface area (Å²) >= 11 is 0. The number of pyridine rings is 2. The van der Waals surface area contributed by atoms with Gasteiger partial charge in [0.25, 0.3) is 0 Å². The molecular weight excluding hydrogens is 462 g/mol. The molecule has 1 aromatic carbocycles. The van der Waals surface area contributed by atoms with Crippen LogP contribution in [0.1, 0.15) is 12.5 Å². The predicted octanol–water partition coefficient (Wildman–Crippen LogP) is 2.18. The number of nitrogens with one attached hydrogen (secondary N) is 1. The molecule has 0 radical (unpaired) electrons. The average molecular weight is 486 g/mol. The topological polar surface area (TPSA) is 136 Å². The van der Waals surface area contributed by atoms with Gasteiger partial charge in [0.2, 0.25) is 0 Å². The van der Waals surface area contributed by atoms with Crippen LogP contribution < -0.4 is 11.1 Å². The summed E-state index contributed by atoms with van der Waals surface area (Å²) in [7, 11) is 3.54. The Labute approximate surface area is 204 Å². The van der Waals surface area contributed by atoms with E-state index in [-0.39, 0.29) is 11.7 Å². The number of hydrazine groups is 1. The second-order valence-electron chi connectivity index (χ2n) is 8.91. The summed E-state index contributed by atoms with van der Waals surface area (Å²) in [5.41, 5.74) is 7.07. The van der Waals surface area contributed by atoms with Crippen molar-refractivity contribution in [3.63, 3.8) is 0 Å². The average Bonchev–Trinajstić information content (AvgIpc) is 3.57. The summed E-state index contributed by atoms with van der Waals surface area (Å²) in [6.07, 6.45) is 4.67. The van der Waals surface area contributed by atoms with E-state index < -0.39 is 6.09 Å². The predicted molar refractivity (Wildman–Crippen MR) is 132 cm³/mol. The molecule has 0 saturated carbocycles. The number of imidazole rings is 1. The fourth-order valence-corrected chi connectivity index (χ4v) is 4.89. The summed E-state index contributed by atoms with van der Waals surface area (Å²) in [6.45, 7) is 0.930. The van der Waals surface area contributed by atoms with E-state index in [1.807, 2.05) is 37.4 Å². The molecule has 1 fully saturated rings. The Morgan fingerprint density at radius 1 is 1.08 bits per heavy atom. The van der Waals surface area contributed by atoms with Gasteiger partial charge in [-0.05, 0) is 30.2 Å². The highest BCUT2D eigenvalue weighted by atomic mass is 16.4. The summed E-state index contributed by atoms with van der Waals surface area (Å²) in [5, 5.41) is 15.8. The molecule has 1 aliphatic rings. The van der Waals surface area contributed by atoms with Gasteiger partial charge in [0.05, 0.1) is 28.8 Å². The van der Waals surface area contributed by atoms with Crippen LogP contribution in [0.15, 0.2) is 53.8 Å². The Balaban J connectivity index is 1.45. The molecule has 0 unspecified atom stereocenters. The molecule has 0 spiro atoms. The van der Waals surface area contributed by atoms with Gasteiger partial charge >= 0.3 is 11.8 Å². The number of hydrogen-bond donors (Lipinski definition) is 2. The van der Waals surface area contributed by atoms with Crippen LogP contribution in [-0.2, 0) is 14.1 Å². The first kappa shape index (κ1) is 21.9. The molecule has 0 aliphatic carbocycles. The fraction of sp³-hybridized carbons (Fsp3) is 0.250. The SMILES string of the molecule is Cn1cnc(-c2ccc(-c3ccc4ncc5c(c4c3)n([C@H]3CCN(NC(=O)O)C3)c(=O)n5C)cn2)n1. The molecule has 182 valence electrons. The molecule has 1 atom stereocenters. The molecule has 1 saturated heterocycles. The number of hydrogen-bond acceptors (Lipinski definition) is 7. The second kappa shape index (κ2) is 8.27. The molecule has 4 aromatic heterocycles. The van der Waals surface area contributed by atoms with Crippen molar-refractivity contribution >= 4 is 28.0 Å². The van der Waals surface area contributed by atoms with Crippen LogP contribution in [0.5, 0.6) is 0 Å². The number of carbonyl (C=O) groups is 1. The number of benzene rings is 1. The lowest BCUT2D eigenvalue weighted by Crippen LogP contribution is -2.40. The highest BCUT2D eigenvalue weighted by molar-refractivity contribution is 6.04. The maximum atomic E-state index is 13.3. The summed E-state index contributed by atoms with van der Waals surface area (Å²) in [6, 6.07) is 9.63. The molecule has 12 nitrogen and oxygen atoms in total. The van der Waals surface area contributed by atoms with Gasteiger partial charge in [-0.15, -0.1) is 5.10 Å². The lowest BCUT2D eigenvalue weighted by molar-refractivity contribution is 0.151. The van der Waals surface area contributed by atoms with Gasteiger partial charge < -0.3 is 5.11 Å². The third-order valence-electron chi connectivity index (χ3n) is 6.62. The van der Waals surface area contributed by atoms with Crippen molar-refractivity contribution in [3.05, 3.63) is 59.5 Å². The lowest BCUT2D eigenvalue weighted by Gasteiger charge is -2.16. The first-order valence-corrected chi connectivity index (χ1v) is 11.5. The van der Waals surface area contributed by atoms with Gasteiger partial charge in [-0.3, -0.25) is 29.2 Å². The molecule has 12 heteroatoms. The minimum atomic E-state index is -1.11. The van der Waals surface area contributed by atoms with E-state index in [4.69, 9.17) is 5.11 Å². The van der Waals surface area contributed by atoms with E-state index in [2.05, 4.69) is 25.5 Å². The van der Waals surface area contributed by atoms with E-state index in [0.29, 0.717) is 31.0 Å². The van der Waals surface area contributed by atoms with Crippen molar-refractivity contribution in [1.29, 1.82) is 0 Å². The van der Waals surface area contributed by atoms with Gasteiger partial charge in [-0.2, -0.15) is 0 Å². The van der Waals surface area contributed by atoms with Crippen molar-refractivity contribution in [2.75, 3.05) is 13.1 Å².